The highest BCUT2D eigenvalue weighted by atomic mass is 32.1. The van der Waals surface area contributed by atoms with Crippen molar-refractivity contribution in [3.8, 4) is 0 Å². The van der Waals surface area contributed by atoms with E-state index in [-0.39, 0.29) is 6.03 Å². The Labute approximate surface area is 213 Å². The molecule has 2 amide bonds. The van der Waals surface area contributed by atoms with Gasteiger partial charge in [-0.2, -0.15) is 0 Å². The summed E-state index contributed by atoms with van der Waals surface area (Å²) in [7, 11) is 0. The van der Waals surface area contributed by atoms with E-state index in [4.69, 9.17) is 0 Å². The molecular weight excluding hydrogens is 472 g/mol. The standard InChI is InChI=1S/C26H30N8OS/c35-26(29-9-14-33-12-7-27-8-13-33)34-10-4-18(5-11-34)23-16-20-21(3-6-28-25(20)32-23)31-19-1-2-22-24(15-19)36-17-30-22/h1-4,6,15-17,27H,5,7-14H2,(H,29,35)(H2,28,31,32). The van der Waals surface area contributed by atoms with Crippen LogP contribution in [0.3, 0.4) is 0 Å². The van der Waals surface area contributed by atoms with Crippen molar-refractivity contribution in [2.75, 3.05) is 57.7 Å². The van der Waals surface area contributed by atoms with E-state index in [0.717, 1.165) is 77.5 Å². The van der Waals surface area contributed by atoms with Gasteiger partial charge in [-0.3, -0.25) is 4.90 Å². The molecule has 4 N–H and O–H groups in total. The van der Waals surface area contributed by atoms with Crippen LogP contribution in [0, 0.1) is 0 Å². The van der Waals surface area contributed by atoms with Gasteiger partial charge in [-0.15, -0.1) is 11.3 Å². The molecule has 1 saturated heterocycles. The topological polar surface area (TPSA) is 101 Å². The van der Waals surface area contributed by atoms with Crippen LogP contribution in [0.4, 0.5) is 16.2 Å². The Morgan fingerprint density at radius 1 is 1.11 bits per heavy atom. The number of aromatic nitrogens is 3. The second-order valence-corrected chi connectivity index (χ2v) is 10.1. The Balaban J connectivity index is 1.10. The number of anilines is 2. The number of carbonyl (C=O) groups excluding carboxylic acids is 1. The molecule has 0 spiro atoms. The fourth-order valence-corrected chi connectivity index (χ4v) is 5.58. The van der Waals surface area contributed by atoms with Crippen molar-refractivity contribution in [2.24, 2.45) is 0 Å². The lowest BCUT2D eigenvalue weighted by atomic mass is 10.0. The van der Waals surface area contributed by atoms with E-state index in [1.807, 2.05) is 28.7 Å². The predicted molar refractivity (Wildman–Crippen MR) is 146 cm³/mol. The zero-order valence-corrected chi connectivity index (χ0v) is 20.9. The quantitative estimate of drug-likeness (QED) is 0.321. The average Bonchev–Trinajstić information content (AvgIpc) is 3.57. The number of hydrogen-bond donors (Lipinski definition) is 4. The summed E-state index contributed by atoms with van der Waals surface area (Å²) in [6.45, 7) is 7.04. The maximum atomic E-state index is 12.6. The van der Waals surface area contributed by atoms with Crippen LogP contribution in [0.25, 0.3) is 26.8 Å². The molecule has 1 aromatic carbocycles. The van der Waals surface area contributed by atoms with Gasteiger partial charge < -0.3 is 25.8 Å². The number of fused-ring (bicyclic) bond motifs is 2. The number of thiazole rings is 1. The predicted octanol–water partition coefficient (Wildman–Crippen LogP) is 3.62. The van der Waals surface area contributed by atoms with Gasteiger partial charge in [0.15, 0.2) is 0 Å². The minimum absolute atomic E-state index is 0.0168. The zero-order chi connectivity index (χ0) is 24.3. The molecule has 2 aliphatic heterocycles. The van der Waals surface area contributed by atoms with Crippen LogP contribution in [0.1, 0.15) is 12.1 Å². The molecule has 2 aliphatic rings. The number of carbonyl (C=O) groups is 1. The first-order valence-electron chi connectivity index (χ1n) is 12.5. The van der Waals surface area contributed by atoms with Crippen LogP contribution in [0.15, 0.2) is 48.1 Å². The summed E-state index contributed by atoms with van der Waals surface area (Å²) in [6, 6.07) is 10.4. The molecule has 36 heavy (non-hydrogen) atoms. The summed E-state index contributed by atoms with van der Waals surface area (Å²) >= 11 is 1.64. The Hall–Kier alpha value is -3.47. The number of aromatic amines is 1. The smallest absolute Gasteiger partial charge is 0.317 e. The Morgan fingerprint density at radius 3 is 2.89 bits per heavy atom. The summed E-state index contributed by atoms with van der Waals surface area (Å²) < 4.78 is 1.16. The van der Waals surface area contributed by atoms with Crippen molar-refractivity contribution in [3.05, 3.63) is 53.8 Å². The van der Waals surface area contributed by atoms with E-state index in [0.29, 0.717) is 19.6 Å². The SMILES string of the molecule is O=C(NCCN1CCNCC1)N1CC=C(c2cc3c(Nc4ccc5ncsc5c4)ccnc3[nH]2)CC1. The number of nitrogens with one attached hydrogen (secondary N) is 4. The minimum Gasteiger partial charge on any atom is -0.355 e. The van der Waals surface area contributed by atoms with E-state index >= 15 is 0 Å². The van der Waals surface area contributed by atoms with E-state index in [1.165, 1.54) is 5.57 Å². The Morgan fingerprint density at radius 2 is 2.03 bits per heavy atom. The molecule has 1 fully saturated rings. The number of piperazine rings is 1. The van der Waals surface area contributed by atoms with E-state index in [9.17, 15) is 4.79 Å². The van der Waals surface area contributed by atoms with Gasteiger partial charge >= 0.3 is 6.03 Å². The van der Waals surface area contributed by atoms with Gasteiger partial charge in [-0.05, 0) is 42.3 Å². The lowest BCUT2D eigenvalue weighted by Crippen LogP contribution is -2.48. The fourth-order valence-electron chi connectivity index (χ4n) is 4.86. The van der Waals surface area contributed by atoms with Crippen LogP contribution in [-0.4, -0.2) is 83.1 Å². The van der Waals surface area contributed by atoms with Crippen molar-refractivity contribution in [1.82, 2.24) is 35.4 Å². The molecule has 9 nitrogen and oxygen atoms in total. The van der Waals surface area contributed by atoms with Crippen LogP contribution in [0.2, 0.25) is 0 Å². The van der Waals surface area contributed by atoms with Crippen molar-refractivity contribution in [1.29, 1.82) is 0 Å². The third kappa shape index (κ3) is 4.92. The van der Waals surface area contributed by atoms with E-state index in [2.05, 4.69) is 60.1 Å². The molecule has 5 heterocycles. The Kier molecular flexibility index (Phi) is 6.54. The van der Waals surface area contributed by atoms with Gasteiger partial charge in [0.05, 0.1) is 21.4 Å². The lowest BCUT2D eigenvalue weighted by molar-refractivity contribution is 0.197. The van der Waals surface area contributed by atoms with Crippen LogP contribution < -0.4 is 16.0 Å². The highest BCUT2D eigenvalue weighted by Gasteiger charge is 2.20. The molecule has 0 unspecified atom stereocenters. The van der Waals surface area contributed by atoms with Gasteiger partial charge in [-0.1, -0.05) is 6.08 Å². The van der Waals surface area contributed by atoms with Crippen LogP contribution in [0.5, 0.6) is 0 Å². The Bertz CT molecular complexity index is 1400. The highest BCUT2D eigenvalue weighted by Crippen LogP contribution is 2.31. The number of benzene rings is 1. The number of urea groups is 1. The fraction of sp³-hybridized carbons (Fsp3) is 0.346. The van der Waals surface area contributed by atoms with Crippen molar-refractivity contribution < 1.29 is 4.79 Å². The van der Waals surface area contributed by atoms with Crippen molar-refractivity contribution in [3.63, 3.8) is 0 Å². The number of pyridine rings is 1. The molecule has 4 aromatic rings. The number of rotatable bonds is 6. The van der Waals surface area contributed by atoms with Crippen molar-refractivity contribution >= 4 is 55.6 Å². The van der Waals surface area contributed by atoms with Gasteiger partial charge in [0.25, 0.3) is 0 Å². The van der Waals surface area contributed by atoms with Gasteiger partial charge in [-0.25, -0.2) is 14.8 Å². The monoisotopic (exact) mass is 502 g/mol. The normalized spacial score (nSPS) is 16.9. The summed E-state index contributed by atoms with van der Waals surface area (Å²) in [5.74, 6) is 0. The summed E-state index contributed by atoms with van der Waals surface area (Å²) in [5, 5.41) is 11.0. The summed E-state index contributed by atoms with van der Waals surface area (Å²) in [6.07, 6.45) is 4.77. The molecular formula is C26H30N8OS. The molecule has 0 atom stereocenters. The molecule has 3 aromatic heterocycles. The second-order valence-electron chi connectivity index (χ2n) is 9.21. The summed E-state index contributed by atoms with van der Waals surface area (Å²) in [5.41, 5.74) is 8.04. The molecule has 0 aliphatic carbocycles. The molecule has 0 saturated carbocycles. The maximum Gasteiger partial charge on any atom is 0.317 e. The third-order valence-corrected chi connectivity index (χ3v) is 7.69. The van der Waals surface area contributed by atoms with Gasteiger partial charge in [0, 0.05) is 75.3 Å². The van der Waals surface area contributed by atoms with E-state index < -0.39 is 0 Å². The zero-order valence-electron chi connectivity index (χ0n) is 20.1. The molecule has 0 bridgehead atoms. The highest BCUT2D eigenvalue weighted by molar-refractivity contribution is 7.16. The molecule has 10 heteroatoms. The minimum atomic E-state index is 0.0168. The molecule has 0 radical (unpaired) electrons. The lowest BCUT2D eigenvalue weighted by Gasteiger charge is -2.29. The number of H-pyrrole nitrogens is 1. The molecule has 186 valence electrons. The van der Waals surface area contributed by atoms with Gasteiger partial charge in [0.2, 0.25) is 0 Å². The average molecular weight is 503 g/mol. The first kappa shape index (κ1) is 23.0. The van der Waals surface area contributed by atoms with Crippen molar-refractivity contribution in [2.45, 2.75) is 6.42 Å². The van der Waals surface area contributed by atoms with Crippen LogP contribution in [-0.2, 0) is 0 Å². The summed E-state index contributed by atoms with van der Waals surface area (Å²) in [4.78, 5) is 29.3. The van der Waals surface area contributed by atoms with E-state index in [1.54, 1.807) is 11.3 Å². The number of nitrogens with zero attached hydrogens (tertiary/aromatic N) is 4. The molecule has 6 rings (SSSR count). The number of hydrogen-bond acceptors (Lipinski definition) is 7. The third-order valence-electron chi connectivity index (χ3n) is 6.90. The van der Waals surface area contributed by atoms with Gasteiger partial charge in [0.1, 0.15) is 5.65 Å². The maximum absolute atomic E-state index is 12.6. The second kappa shape index (κ2) is 10.3. The van der Waals surface area contributed by atoms with Crippen LogP contribution >= 0.6 is 11.3 Å². The number of amides is 2. The first-order chi connectivity index (χ1) is 17.7. The largest absolute Gasteiger partial charge is 0.355 e. The first-order valence-corrected chi connectivity index (χ1v) is 13.3.